The van der Waals surface area contributed by atoms with Crippen LogP contribution in [-0.2, 0) is 13.0 Å². The van der Waals surface area contributed by atoms with Gasteiger partial charge < -0.3 is 9.47 Å². The fourth-order valence-electron chi connectivity index (χ4n) is 4.86. The minimum Gasteiger partial charge on any atom is -0.310 e. The molecular formula is C30H25N5S. The van der Waals surface area contributed by atoms with E-state index < -0.39 is 0 Å². The van der Waals surface area contributed by atoms with E-state index in [0.717, 1.165) is 53.6 Å². The zero-order chi connectivity index (χ0) is 24.3. The molecule has 0 saturated carbocycles. The summed E-state index contributed by atoms with van der Waals surface area (Å²) in [4.78, 5) is 2.18. The highest BCUT2D eigenvalue weighted by Gasteiger charge is 2.30. The summed E-state index contributed by atoms with van der Waals surface area (Å²) in [7, 11) is 0. The fourth-order valence-corrected chi connectivity index (χ4v) is 5.88. The third-order valence-corrected chi connectivity index (χ3v) is 7.64. The van der Waals surface area contributed by atoms with E-state index in [9.17, 15) is 5.26 Å². The summed E-state index contributed by atoms with van der Waals surface area (Å²) >= 11 is 1.58. The second-order valence-corrected chi connectivity index (χ2v) is 9.79. The van der Waals surface area contributed by atoms with Gasteiger partial charge in [-0.05, 0) is 41.7 Å². The molecule has 0 aliphatic carbocycles. The van der Waals surface area contributed by atoms with E-state index in [1.807, 2.05) is 24.3 Å². The summed E-state index contributed by atoms with van der Waals surface area (Å²) in [6, 6.07) is 31.7. The predicted molar refractivity (Wildman–Crippen MR) is 146 cm³/mol. The lowest BCUT2D eigenvalue weighted by atomic mass is 10.0. The lowest BCUT2D eigenvalue weighted by Crippen LogP contribution is -2.18. The Morgan fingerprint density at radius 1 is 0.778 bits per heavy atom. The van der Waals surface area contributed by atoms with Crippen molar-refractivity contribution in [1.29, 1.82) is 5.26 Å². The number of hydrogen-bond acceptors (Lipinski definition) is 5. The summed E-state index contributed by atoms with van der Waals surface area (Å²) in [5.74, 6) is 1.65. The Morgan fingerprint density at radius 3 is 2.22 bits per heavy atom. The van der Waals surface area contributed by atoms with E-state index in [4.69, 9.17) is 0 Å². The van der Waals surface area contributed by atoms with Crippen LogP contribution in [0.4, 0.5) is 5.69 Å². The molecule has 0 bridgehead atoms. The number of thioether (sulfide) groups is 1. The molecule has 6 rings (SSSR count). The van der Waals surface area contributed by atoms with Crippen LogP contribution in [0, 0.1) is 11.3 Å². The molecule has 4 aromatic rings. The number of benzene rings is 3. The van der Waals surface area contributed by atoms with Crippen molar-refractivity contribution in [2.24, 2.45) is 0 Å². The van der Waals surface area contributed by atoms with Gasteiger partial charge in [-0.15, -0.1) is 10.2 Å². The SMILES string of the molecule is N#CC(=C1SC=C(c2ccc(-c3ccccc3)cc2)N1c1ccccc1)c1nnc2n1CCCCC2. The highest BCUT2D eigenvalue weighted by Crippen LogP contribution is 2.46. The molecule has 0 radical (unpaired) electrons. The van der Waals surface area contributed by atoms with Crippen LogP contribution < -0.4 is 4.90 Å². The first-order chi connectivity index (χ1) is 17.8. The maximum absolute atomic E-state index is 10.4. The van der Waals surface area contributed by atoms with Gasteiger partial charge in [-0.3, -0.25) is 0 Å². The molecule has 0 atom stereocenters. The van der Waals surface area contributed by atoms with Gasteiger partial charge in [-0.2, -0.15) is 5.26 Å². The summed E-state index contributed by atoms with van der Waals surface area (Å²) in [6.07, 6.45) is 4.29. The fraction of sp³-hybridized carbons (Fsp3) is 0.167. The van der Waals surface area contributed by atoms with Gasteiger partial charge in [0.15, 0.2) is 5.82 Å². The first-order valence-electron chi connectivity index (χ1n) is 12.3. The number of hydrogen-bond donors (Lipinski definition) is 0. The third-order valence-electron chi connectivity index (χ3n) is 6.69. The minimum absolute atomic E-state index is 0.566. The smallest absolute Gasteiger partial charge is 0.177 e. The Balaban J connectivity index is 1.43. The molecule has 3 aromatic carbocycles. The number of para-hydroxylation sites is 1. The quantitative estimate of drug-likeness (QED) is 0.287. The first-order valence-corrected chi connectivity index (χ1v) is 13.2. The third kappa shape index (κ3) is 4.12. The van der Waals surface area contributed by atoms with Crippen LogP contribution in [0.1, 0.15) is 36.5 Å². The average Bonchev–Trinajstić information content (AvgIpc) is 3.48. The molecule has 0 amide bonds. The highest BCUT2D eigenvalue weighted by atomic mass is 32.2. The van der Waals surface area contributed by atoms with E-state index in [-0.39, 0.29) is 0 Å². The monoisotopic (exact) mass is 487 g/mol. The van der Waals surface area contributed by atoms with Gasteiger partial charge in [0.1, 0.15) is 22.5 Å². The zero-order valence-corrected chi connectivity index (χ0v) is 20.7. The number of allylic oxidation sites excluding steroid dienone is 1. The van der Waals surface area contributed by atoms with Crippen LogP contribution in [-0.4, -0.2) is 14.8 Å². The first kappa shape index (κ1) is 22.4. The van der Waals surface area contributed by atoms with Crippen LogP contribution >= 0.6 is 11.8 Å². The number of nitriles is 1. The van der Waals surface area contributed by atoms with Crippen molar-refractivity contribution in [2.45, 2.75) is 32.2 Å². The number of fused-ring (bicyclic) bond motifs is 1. The number of aryl methyl sites for hydroxylation is 1. The molecule has 176 valence electrons. The lowest BCUT2D eigenvalue weighted by molar-refractivity contribution is 0.627. The van der Waals surface area contributed by atoms with Crippen LogP contribution in [0.15, 0.2) is 95.4 Å². The zero-order valence-electron chi connectivity index (χ0n) is 19.8. The Hall–Kier alpha value is -4.08. The van der Waals surface area contributed by atoms with E-state index in [1.165, 1.54) is 17.5 Å². The molecule has 0 spiro atoms. The second-order valence-electron chi connectivity index (χ2n) is 8.93. The summed E-state index contributed by atoms with van der Waals surface area (Å²) in [5.41, 5.74) is 6.09. The second kappa shape index (κ2) is 9.88. The van der Waals surface area contributed by atoms with Crippen LogP contribution in [0.2, 0.25) is 0 Å². The largest absolute Gasteiger partial charge is 0.310 e. The van der Waals surface area contributed by atoms with Crippen molar-refractivity contribution in [3.63, 3.8) is 0 Å². The number of nitrogens with zero attached hydrogens (tertiary/aromatic N) is 5. The maximum Gasteiger partial charge on any atom is 0.177 e. The molecule has 6 heteroatoms. The van der Waals surface area contributed by atoms with Gasteiger partial charge in [0.05, 0.1) is 5.70 Å². The van der Waals surface area contributed by atoms with Gasteiger partial charge in [-0.1, -0.05) is 91.0 Å². The molecule has 0 unspecified atom stereocenters. The van der Waals surface area contributed by atoms with Crippen molar-refractivity contribution in [3.8, 4) is 17.2 Å². The average molecular weight is 488 g/mol. The normalized spacial score (nSPS) is 16.6. The molecule has 3 heterocycles. The Labute approximate surface area is 215 Å². The van der Waals surface area contributed by atoms with E-state index in [1.54, 1.807) is 11.8 Å². The molecule has 0 saturated heterocycles. The van der Waals surface area contributed by atoms with Crippen molar-refractivity contribution < 1.29 is 0 Å². The van der Waals surface area contributed by atoms with Crippen LogP contribution in [0.5, 0.6) is 0 Å². The van der Waals surface area contributed by atoms with Gasteiger partial charge in [0.25, 0.3) is 0 Å². The minimum atomic E-state index is 0.566. The maximum atomic E-state index is 10.4. The van der Waals surface area contributed by atoms with E-state index in [2.05, 4.69) is 91.8 Å². The molecule has 1 aromatic heterocycles. The Bertz CT molecular complexity index is 1480. The van der Waals surface area contributed by atoms with E-state index >= 15 is 0 Å². The molecule has 0 fully saturated rings. The van der Waals surface area contributed by atoms with Gasteiger partial charge >= 0.3 is 0 Å². The lowest BCUT2D eigenvalue weighted by Gasteiger charge is -2.25. The number of rotatable bonds is 4. The highest BCUT2D eigenvalue weighted by molar-refractivity contribution is 8.06. The van der Waals surface area contributed by atoms with Crippen molar-refractivity contribution in [2.75, 3.05) is 4.90 Å². The molecule has 36 heavy (non-hydrogen) atoms. The molecule has 2 aliphatic heterocycles. The summed E-state index contributed by atoms with van der Waals surface area (Å²) in [6.45, 7) is 0.855. The number of anilines is 1. The van der Waals surface area contributed by atoms with Crippen molar-refractivity contribution in [1.82, 2.24) is 14.8 Å². The van der Waals surface area contributed by atoms with Crippen LogP contribution in [0.3, 0.4) is 0 Å². The van der Waals surface area contributed by atoms with Crippen molar-refractivity contribution in [3.05, 3.63) is 113 Å². The summed E-state index contributed by atoms with van der Waals surface area (Å²) in [5, 5.41) is 22.3. The Kier molecular flexibility index (Phi) is 6.15. The van der Waals surface area contributed by atoms with Gasteiger partial charge in [0.2, 0.25) is 0 Å². The number of aromatic nitrogens is 3. The summed E-state index contributed by atoms with van der Waals surface area (Å²) < 4.78 is 2.15. The standard InChI is InChI=1S/C30H25N5S/c31-20-26(29-33-32-28-14-8-3-9-19-34(28)29)30-35(25-12-6-2-7-13-25)27(21-36-30)24-17-15-23(16-18-24)22-10-4-1-5-11-22/h1-2,4-7,10-13,15-18,21H,3,8-9,14,19H2. The van der Waals surface area contributed by atoms with Crippen molar-refractivity contribution >= 4 is 28.7 Å². The molecular weight excluding hydrogens is 462 g/mol. The van der Waals surface area contributed by atoms with Gasteiger partial charge in [0, 0.05) is 24.1 Å². The van der Waals surface area contributed by atoms with Gasteiger partial charge in [-0.25, -0.2) is 0 Å². The molecule has 5 nitrogen and oxygen atoms in total. The van der Waals surface area contributed by atoms with E-state index in [0.29, 0.717) is 11.4 Å². The van der Waals surface area contributed by atoms with Crippen LogP contribution in [0.25, 0.3) is 22.4 Å². The molecule has 2 aliphatic rings. The predicted octanol–water partition coefficient (Wildman–Crippen LogP) is 7.12. The topological polar surface area (TPSA) is 57.7 Å². The molecule has 0 N–H and O–H groups in total. The Morgan fingerprint density at radius 2 is 1.47 bits per heavy atom.